The summed E-state index contributed by atoms with van der Waals surface area (Å²) in [6, 6.07) is 19.8. The molecule has 0 atom stereocenters. The first-order valence-corrected chi connectivity index (χ1v) is 12.4. The zero-order chi connectivity index (χ0) is 26.6. The Labute approximate surface area is 225 Å². The van der Waals surface area contributed by atoms with E-state index in [1.54, 1.807) is 38.5 Å². The van der Waals surface area contributed by atoms with E-state index in [4.69, 9.17) is 30.8 Å². The fourth-order valence-electron chi connectivity index (χ4n) is 4.59. The number of amides is 1. The van der Waals surface area contributed by atoms with Crippen molar-refractivity contribution in [3.8, 4) is 11.5 Å². The first kappa shape index (κ1) is 25.3. The largest absolute Gasteiger partial charge is 0.493 e. The summed E-state index contributed by atoms with van der Waals surface area (Å²) in [5.74, 6) is 0.284. The summed E-state index contributed by atoms with van der Waals surface area (Å²) in [6.45, 7) is -0.415. The predicted octanol–water partition coefficient (Wildman–Crippen LogP) is 6.19. The van der Waals surface area contributed by atoms with Crippen molar-refractivity contribution in [2.24, 2.45) is 0 Å². The number of carbonyl (C=O) groups excluding carboxylic acids is 2. The summed E-state index contributed by atoms with van der Waals surface area (Å²) >= 11 is 5.89. The van der Waals surface area contributed by atoms with Gasteiger partial charge in [0.15, 0.2) is 18.1 Å². The van der Waals surface area contributed by atoms with Crippen LogP contribution in [-0.4, -0.2) is 37.7 Å². The van der Waals surface area contributed by atoms with Gasteiger partial charge in [0.25, 0.3) is 5.91 Å². The smallest absolute Gasteiger partial charge is 0.339 e. The molecule has 5 rings (SSSR count). The summed E-state index contributed by atoms with van der Waals surface area (Å²) < 4.78 is 16.3. The van der Waals surface area contributed by atoms with E-state index in [2.05, 4.69) is 5.32 Å². The van der Waals surface area contributed by atoms with Gasteiger partial charge >= 0.3 is 5.97 Å². The Morgan fingerprint density at radius 2 is 1.74 bits per heavy atom. The molecule has 1 N–H and O–H groups in total. The third-order valence-corrected chi connectivity index (χ3v) is 6.61. The van der Waals surface area contributed by atoms with Crippen LogP contribution in [0.1, 0.15) is 33.6 Å². The number of ether oxygens (including phenoxy) is 3. The molecule has 0 unspecified atom stereocenters. The van der Waals surface area contributed by atoms with Gasteiger partial charge in [0.2, 0.25) is 0 Å². The second-order valence-corrected chi connectivity index (χ2v) is 9.18. The predicted molar refractivity (Wildman–Crippen MR) is 148 cm³/mol. The number of halogens is 1. The number of rotatable bonds is 7. The standard InChI is InChI=1S/C30H25ClN2O5/c1-36-25-14-7-18(16-26(25)37-2)15-19-8-13-23-28(22-5-3-4-6-24(22)33-29(19)23)30(35)38-17-27(34)32-21-11-9-20(31)10-12-21/h3-7,9-12,14-16H,8,13,17H2,1-2H3,(H,32,34)/b19-15-. The second kappa shape index (κ2) is 10.9. The molecule has 0 bridgehead atoms. The number of allylic oxidation sites excluding steroid dienone is 1. The quantitative estimate of drug-likeness (QED) is 0.288. The van der Waals surface area contributed by atoms with E-state index in [0.717, 1.165) is 22.4 Å². The highest BCUT2D eigenvalue weighted by Gasteiger charge is 2.28. The molecule has 0 aliphatic heterocycles. The van der Waals surface area contributed by atoms with Gasteiger partial charge in [-0.25, -0.2) is 9.78 Å². The number of fused-ring (bicyclic) bond motifs is 2. The van der Waals surface area contributed by atoms with Crippen LogP contribution in [0.5, 0.6) is 11.5 Å². The summed E-state index contributed by atoms with van der Waals surface area (Å²) in [4.78, 5) is 30.7. The van der Waals surface area contributed by atoms with Crippen molar-refractivity contribution < 1.29 is 23.8 Å². The molecule has 1 aliphatic rings. The molecule has 1 aromatic heterocycles. The van der Waals surface area contributed by atoms with Crippen molar-refractivity contribution in [2.45, 2.75) is 12.8 Å². The van der Waals surface area contributed by atoms with Crippen molar-refractivity contribution in [1.82, 2.24) is 4.98 Å². The lowest BCUT2D eigenvalue weighted by Gasteiger charge is -2.13. The number of nitrogens with one attached hydrogen (secondary N) is 1. The zero-order valence-corrected chi connectivity index (χ0v) is 21.7. The van der Waals surface area contributed by atoms with Gasteiger partial charge in [0.1, 0.15) is 0 Å². The maximum atomic E-state index is 13.3. The number of hydrogen-bond acceptors (Lipinski definition) is 6. The van der Waals surface area contributed by atoms with Crippen LogP contribution < -0.4 is 14.8 Å². The van der Waals surface area contributed by atoms with Crippen molar-refractivity contribution in [1.29, 1.82) is 0 Å². The lowest BCUT2D eigenvalue weighted by atomic mass is 10.0. The van der Waals surface area contributed by atoms with Crippen LogP contribution in [0.2, 0.25) is 5.02 Å². The number of aromatic nitrogens is 1. The molecule has 0 saturated heterocycles. The van der Waals surface area contributed by atoms with Gasteiger partial charge in [-0.3, -0.25) is 4.79 Å². The SMILES string of the molecule is COc1ccc(/C=C2/CCc3c2nc2ccccc2c3C(=O)OCC(=O)Nc2ccc(Cl)cc2)cc1OC. The highest BCUT2D eigenvalue weighted by molar-refractivity contribution is 6.30. The number of carbonyl (C=O) groups is 2. The average Bonchev–Trinajstić information content (AvgIpc) is 3.33. The fourth-order valence-corrected chi connectivity index (χ4v) is 4.72. The fraction of sp³-hybridized carbons (Fsp3) is 0.167. The number of benzene rings is 3. The van der Waals surface area contributed by atoms with Crippen LogP contribution in [-0.2, 0) is 16.0 Å². The normalized spacial score (nSPS) is 13.3. The van der Waals surface area contributed by atoms with E-state index in [1.165, 1.54) is 0 Å². The minimum absolute atomic E-state index is 0.415. The van der Waals surface area contributed by atoms with Gasteiger partial charge in [0.05, 0.1) is 31.0 Å². The van der Waals surface area contributed by atoms with Crippen molar-refractivity contribution >= 4 is 51.7 Å². The maximum Gasteiger partial charge on any atom is 0.339 e. The minimum Gasteiger partial charge on any atom is -0.493 e. The number of methoxy groups -OCH3 is 2. The first-order valence-electron chi connectivity index (χ1n) is 12.0. The van der Waals surface area contributed by atoms with E-state index >= 15 is 0 Å². The van der Waals surface area contributed by atoms with E-state index in [0.29, 0.717) is 51.5 Å². The van der Waals surface area contributed by atoms with Gasteiger partial charge in [-0.15, -0.1) is 0 Å². The van der Waals surface area contributed by atoms with Gasteiger partial charge in [-0.2, -0.15) is 0 Å². The maximum absolute atomic E-state index is 13.3. The molecule has 1 aliphatic carbocycles. The number of anilines is 1. The lowest BCUT2D eigenvalue weighted by Crippen LogP contribution is -2.21. The molecule has 38 heavy (non-hydrogen) atoms. The molecule has 0 fully saturated rings. The Kier molecular flexibility index (Phi) is 7.29. The van der Waals surface area contributed by atoms with Gasteiger partial charge in [-0.05, 0) is 78.1 Å². The Bertz CT molecular complexity index is 1560. The first-order chi connectivity index (χ1) is 18.5. The number of nitrogens with zero attached hydrogens (tertiary/aromatic N) is 1. The average molecular weight is 529 g/mol. The number of hydrogen-bond donors (Lipinski definition) is 1. The number of esters is 1. The molecule has 0 spiro atoms. The molecular weight excluding hydrogens is 504 g/mol. The second-order valence-electron chi connectivity index (χ2n) is 8.75. The molecular formula is C30H25ClN2O5. The van der Waals surface area contributed by atoms with E-state index in [9.17, 15) is 9.59 Å². The molecule has 7 nitrogen and oxygen atoms in total. The molecule has 1 heterocycles. The minimum atomic E-state index is -0.557. The third kappa shape index (κ3) is 5.19. The summed E-state index contributed by atoms with van der Waals surface area (Å²) in [6.07, 6.45) is 3.39. The number of pyridine rings is 1. The highest BCUT2D eigenvalue weighted by Crippen LogP contribution is 2.38. The van der Waals surface area contributed by atoms with Crippen molar-refractivity contribution in [2.75, 3.05) is 26.1 Å². The lowest BCUT2D eigenvalue weighted by molar-refractivity contribution is -0.119. The van der Waals surface area contributed by atoms with E-state index < -0.39 is 18.5 Å². The van der Waals surface area contributed by atoms with Crippen LogP contribution in [0.15, 0.2) is 66.7 Å². The Morgan fingerprint density at radius 3 is 2.50 bits per heavy atom. The van der Waals surface area contributed by atoms with Crippen molar-refractivity contribution in [3.63, 3.8) is 0 Å². The summed E-state index contributed by atoms with van der Waals surface area (Å²) in [5.41, 5.74) is 5.21. The molecule has 8 heteroatoms. The topological polar surface area (TPSA) is 86.8 Å². The van der Waals surface area contributed by atoms with Gasteiger partial charge < -0.3 is 19.5 Å². The van der Waals surface area contributed by atoms with Gasteiger partial charge in [-0.1, -0.05) is 35.9 Å². The molecule has 192 valence electrons. The summed E-state index contributed by atoms with van der Waals surface area (Å²) in [7, 11) is 3.20. The molecule has 0 saturated carbocycles. The monoisotopic (exact) mass is 528 g/mol. The number of para-hydroxylation sites is 1. The Balaban J connectivity index is 1.43. The third-order valence-electron chi connectivity index (χ3n) is 6.36. The summed E-state index contributed by atoms with van der Waals surface area (Å²) in [5, 5.41) is 3.96. The Morgan fingerprint density at radius 1 is 0.974 bits per heavy atom. The molecule has 3 aromatic carbocycles. The van der Waals surface area contributed by atoms with Crippen LogP contribution in [0.3, 0.4) is 0 Å². The Hall–Kier alpha value is -4.36. The van der Waals surface area contributed by atoms with Crippen LogP contribution in [0.4, 0.5) is 5.69 Å². The molecule has 4 aromatic rings. The zero-order valence-electron chi connectivity index (χ0n) is 20.9. The van der Waals surface area contributed by atoms with Gasteiger partial charge in [0, 0.05) is 16.1 Å². The van der Waals surface area contributed by atoms with E-state index in [-0.39, 0.29) is 0 Å². The van der Waals surface area contributed by atoms with Crippen LogP contribution >= 0.6 is 11.6 Å². The molecule has 0 radical (unpaired) electrons. The molecule has 1 amide bonds. The van der Waals surface area contributed by atoms with Crippen LogP contribution in [0.25, 0.3) is 22.6 Å². The highest BCUT2D eigenvalue weighted by atomic mass is 35.5. The van der Waals surface area contributed by atoms with Crippen molar-refractivity contribution in [3.05, 3.63) is 94.1 Å². The van der Waals surface area contributed by atoms with E-state index in [1.807, 2.05) is 48.5 Å². The van der Waals surface area contributed by atoms with Crippen LogP contribution in [0, 0.1) is 0 Å².